The number of sulfonamides is 1. The number of fused-ring (bicyclic) bond motifs is 1. The van der Waals surface area contributed by atoms with Crippen LogP contribution in [0.15, 0.2) is 58.2 Å². The first kappa shape index (κ1) is 26.2. The van der Waals surface area contributed by atoms with E-state index in [0.29, 0.717) is 22.1 Å². The van der Waals surface area contributed by atoms with Crippen molar-refractivity contribution >= 4 is 73.1 Å². The summed E-state index contributed by atoms with van der Waals surface area (Å²) in [6.07, 6.45) is 2.21. The number of hydrogen-bond acceptors (Lipinski definition) is 5. The lowest BCUT2D eigenvalue weighted by Crippen LogP contribution is -2.49. The predicted octanol–water partition coefficient (Wildman–Crippen LogP) is 4.05. The topological polar surface area (TPSA) is 95.8 Å². The molecule has 1 fully saturated rings. The monoisotopic (exact) mass is 625 g/mol. The zero-order valence-electron chi connectivity index (χ0n) is 19.6. The Morgan fingerprint density at radius 2 is 1.68 bits per heavy atom. The van der Waals surface area contributed by atoms with E-state index in [9.17, 15) is 18.0 Å². The Balaban J connectivity index is 1.64. The lowest BCUT2D eigenvalue weighted by molar-refractivity contribution is -0.124. The van der Waals surface area contributed by atoms with Crippen LogP contribution in [-0.2, 0) is 31.6 Å². The van der Waals surface area contributed by atoms with E-state index >= 15 is 0 Å². The van der Waals surface area contributed by atoms with Crippen LogP contribution in [0.25, 0.3) is 0 Å². The van der Waals surface area contributed by atoms with Gasteiger partial charge in [0.15, 0.2) is 5.03 Å². The van der Waals surface area contributed by atoms with Crippen LogP contribution >= 0.6 is 39.1 Å². The van der Waals surface area contributed by atoms with Crippen LogP contribution in [0.4, 0.5) is 11.6 Å². The second kappa shape index (κ2) is 9.70. The van der Waals surface area contributed by atoms with Gasteiger partial charge in [0.1, 0.15) is 5.54 Å². The smallest absolute Gasteiger partial charge is 0.260 e. The maximum Gasteiger partial charge on any atom is 0.260 e. The van der Waals surface area contributed by atoms with Crippen molar-refractivity contribution in [2.75, 3.05) is 31.1 Å². The lowest BCUT2D eigenvalue weighted by atomic mass is 9.92. The Bertz CT molecular complexity index is 1470. The van der Waals surface area contributed by atoms with Gasteiger partial charge in [-0.1, -0.05) is 51.3 Å². The van der Waals surface area contributed by atoms with Crippen molar-refractivity contribution in [3.63, 3.8) is 0 Å². The molecule has 5 rings (SSSR count). The molecule has 1 aromatic heterocycles. The maximum absolute atomic E-state index is 14.1. The number of anilines is 2. The number of halogens is 3. The van der Waals surface area contributed by atoms with Crippen molar-refractivity contribution in [1.29, 1.82) is 0 Å². The molecule has 0 unspecified atom stereocenters. The summed E-state index contributed by atoms with van der Waals surface area (Å²) in [7, 11) is -4.04. The molecule has 2 aliphatic rings. The van der Waals surface area contributed by atoms with E-state index in [4.69, 9.17) is 23.2 Å². The zero-order valence-corrected chi connectivity index (χ0v) is 23.6. The molecule has 1 atom stereocenters. The fraction of sp³-hybridized carbons (Fsp3) is 0.292. The first-order chi connectivity index (χ1) is 17.5. The van der Waals surface area contributed by atoms with E-state index < -0.39 is 15.6 Å². The number of rotatable bonds is 6. The summed E-state index contributed by atoms with van der Waals surface area (Å²) in [5.41, 5.74) is -0.0911. The number of benzene rings is 2. The molecule has 0 N–H and O–H groups in total. The Morgan fingerprint density at radius 1 is 1.05 bits per heavy atom. The summed E-state index contributed by atoms with van der Waals surface area (Å²) in [6.45, 7) is 2.56. The average Bonchev–Trinajstić information content (AvgIpc) is 3.39. The summed E-state index contributed by atoms with van der Waals surface area (Å²) < 4.78 is 31.4. The molecular formula is C24H22BrCl2N5O4S. The van der Waals surface area contributed by atoms with Gasteiger partial charge in [-0.2, -0.15) is 4.31 Å². The molecule has 1 saturated heterocycles. The van der Waals surface area contributed by atoms with Crippen LogP contribution in [-0.4, -0.2) is 65.7 Å². The molecule has 9 nitrogen and oxygen atoms in total. The van der Waals surface area contributed by atoms with Gasteiger partial charge in [-0.15, -0.1) is 0 Å². The molecule has 3 aromatic rings. The largest absolute Gasteiger partial charge is 0.343 e. The summed E-state index contributed by atoms with van der Waals surface area (Å²) >= 11 is 15.9. The summed E-state index contributed by atoms with van der Waals surface area (Å²) in [6, 6.07) is 12.2. The number of amides is 2. The summed E-state index contributed by atoms with van der Waals surface area (Å²) in [4.78, 5) is 32.5. The molecule has 2 aliphatic heterocycles. The Labute approximate surface area is 232 Å². The molecule has 13 heteroatoms. The third-order valence-corrected chi connectivity index (χ3v) is 9.49. The predicted molar refractivity (Wildman–Crippen MR) is 144 cm³/mol. The van der Waals surface area contributed by atoms with Gasteiger partial charge in [-0.3, -0.25) is 14.2 Å². The molecule has 0 saturated carbocycles. The minimum absolute atomic E-state index is 0.0920. The molecule has 0 bridgehead atoms. The molecule has 2 aromatic carbocycles. The van der Waals surface area contributed by atoms with Crippen LogP contribution in [0, 0.1) is 0 Å². The second-order valence-corrected chi connectivity index (χ2v) is 12.8. The number of piperazine rings is 1. The number of hydrogen-bond donors (Lipinski definition) is 0. The molecule has 0 radical (unpaired) electrons. The van der Waals surface area contributed by atoms with Gasteiger partial charge in [0, 0.05) is 47.1 Å². The maximum atomic E-state index is 14.1. The summed E-state index contributed by atoms with van der Waals surface area (Å²) in [5.74, 6) is -0.202. The minimum Gasteiger partial charge on any atom is -0.343 e. The Hall–Kier alpha value is -2.44. The molecule has 37 heavy (non-hydrogen) atoms. The van der Waals surface area contributed by atoms with Crippen LogP contribution < -0.4 is 4.90 Å². The van der Waals surface area contributed by atoms with E-state index in [0.717, 1.165) is 10.0 Å². The van der Waals surface area contributed by atoms with Gasteiger partial charge in [0.25, 0.3) is 15.9 Å². The second-order valence-electron chi connectivity index (χ2n) is 9.12. The van der Waals surface area contributed by atoms with Crippen molar-refractivity contribution < 1.29 is 18.0 Å². The fourth-order valence-corrected chi connectivity index (χ4v) is 7.18. The minimum atomic E-state index is -4.04. The highest BCUT2D eigenvalue weighted by Gasteiger charge is 2.52. The van der Waals surface area contributed by atoms with Gasteiger partial charge in [-0.05, 0) is 42.8 Å². The quantitative estimate of drug-likeness (QED) is 0.385. The van der Waals surface area contributed by atoms with E-state index in [2.05, 4.69) is 20.9 Å². The number of carbonyl (C=O) groups excluding carboxylic acids is 2. The van der Waals surface area contributed by atoms with Gasteiger partial charge in [0.2, 0.25) is 12.4 Å². The molecule has 3 heterocycles. The van der Waals surface area contributed by atoms with E-state index in [1.807, 2.05) is 24.3 Å². The molecule has 0 aliphatic carbocycles. The van der Waals surface area contributed by atoms with Crippen molar-refractivity contribution in [3.8, 4) is 0 Å². The first-order valence-corrected chi connectivity index (χ1v) is 14.4. The van der Waals surface area contributed by atoms with Crippen molar-refractivity contribution in [3.05, 3.63) is 68.7 Å². The van der Waals surface area contributed by atoms with Gasteiger partial charge in [0.05, 0.1) is 11.9 Å². The highest BCUT2D eigenvalue weighted by molar-refractivity contribution is 9.10. The van der Waals surface area contributed by atoms with Gasteiger partial charge < -0.3 is 4.90 Å². The summed E-state index contributed by atoms with van der Waals surface area (Å²) in [5, 5.41) is 0.567. The molecule has 0 spiro atoms. The molecule has 194 valence electrons. The van der Waals surface area contributed by atoms with Crippen LogP contribution in [0.1, 0.15) is 12.5 Å². The number of aromatic nitrogens is 2. The average molecular weight is 627 g/mol. The normalized spacial score (nSPS) is 20.4. The number of nitrogens with zero attached hydrogens (tertiary/aromatic N) is 5. The van der Waals surface area contributed by atoms with Crippen LogP contribution in [0.3, 0.4) is 0 Å². The van der Waals surface area contributed by atoms with Gasteiger partial charge >= 0.3 is 0 Å². The SMILES string of the molecule is C[C@@]1(Cc2ccc(Br)cc2)C(=O)N(c2cc(Cl)cc(Cl)c2)c2ncc(S(=O)(=O)N3CCN(C=O)CC3)n21. The highest BCUT2D eigenvalue weighted by atomic mass is 79.9. The Morgan fingerprint density at radius 3 is 2.27 bits per heavy atom. The van der Waals surface area contributed by atoms with Gasteiger partial charge in [-0.25, -0.2) is 18.3 Å². The highest BCUT2D eigenvalue weighted by Crippen LogP contribution is 2.44. The number of imidazole rings is 1. The standard InChI is InChI=1S/C24H22BrCl2N5O4S/c1-24(13-16-2-4-17(25)5-3-16)22(34)31(20-11-18(26)10-19(27)12-20)23-28-14-21(32(23)24)37(35,36)30-8-6-29(15-33)7-9-30/h2-5,10-12,14-15H,6-9,13H2,1H3/t24-/m1/s1. The van der Waals surface area contributed by atoms with Crippen molar-refractivity contribution in [2.45, 2.75) is 23.9 Å². The first-order valence-electron chi connectivity index (χ1n) is 11.4. The van der Waals surface area contributed by atoms with Crippen LogP contribution in [0.5, 0.6) is 0 Å². The van der Waals surface area contributed by atoms with E-state index in [-0.39, 0.29) is 49.5 Å². The lowest BCUT2D eigenvalue weighted by Gasteiger charge is -2.33. The third-order valence-electron chi connectivity index (χ3n) is 6.66. The van der Waals surface area contributed by atoms with Crippen LogP contribution in [0.2, 0.25) is 10.0 Å². The Kier molecular flexibility index (Phi) is 6.86. The van der Waals surface area contributed by atoms with E-state index in [1.165, 1.54) is 24.9 Å². The van der Waals surface area contributed by atoms with E-state index in [1.54, 1.807) is 25.1 Å². The van der Waals surface area contributed by atoms with Crippen molar-refractivity contribution in [2.24, 2.45) is 0 Å². The zero-order chi connectivity index (χ0) is 26.5. The fourth-order valence-electron chi connectivity index (χ4n) is 4.80. The molecule has 2 amide bonds. The third kappa shape index (κ3) is 4.57. The van der Waals surface area contributed by atoms with Crippen molar-refractivity contribution in [1.82, 2.24) is 18.8 Å². The molecular weight excluding hydrogens is 605 g/mol. The number of carbonyl (C=O) groups is 2.